The summed E-state index contributed by atoms with van der Waals surface area (Å²) in [5.41, 5.74) is 0.866. The minimum atomic E-state index is 0.0346. The van der Waals surface area contributed by atoms with Gasteiger partial charge >= 0.3 is 0 Å². The Hall–Kier alpha value is -1.91. The molecule has 0 aromatic heterocycles. The van der Waals surface area contributed by atoms with Crippen molar-refractivity contribution in [2.24, 2.45) is 0 Å². The van der Waals surface area contributed by atoms with E-state index < -0.39 is 0 Å². The normalized spacial score (nSPS) is 17.1. The van der Waals surface area contributed by atoms with Gasteiger partial charge < -0.3 is 20.1 Å². The zero-order valence-electron chi connectivity index (χ0n) is 10.1. The van der Waals surface area contributed by atoms with Gasteiger partial charge in [-0.15, -0.1) is 0 Å². The first-order chi connectivity index (χ1) is 8.81. The summed E-state index contributed by atoms with van der Waals surface area (Å²) in [6.45, 7) is 1.44. The second-order valence-electron chi connectivity index (χ2n) is 4.55. The fourth-order valence-electron chi connectivity index (χ4n) is 1.84. The Morgan fingerprint density at radius 1 is 1.22 bits per heavy atom. The van der Waals surface area contributed by atoms with Gasteiger partial charge in [-0.05, 0) is 25.0 Å². The summed E-state index contributed by atoms with van der Waals surface area (Å²) in [5, 5.41) is 6.01. The molecule has 5 heteroatoms. The van der Waals surface area contributed by atoms with E-state index in [0.717, 1.165) is 30.0 Å². The van der Waals surface area contributed by atoms with Crippen LogP contribution in [0.1, 0.15) is 12.8 Å². The van der Waals surface area contributed by atoms with Crippen LogP contribution in [0.5, 0.6) is 11.5 Å². The zero-order valence-corrected chi connectivity index (χ0v) is 10.1. The van der Waals surface area contributed by atoms with Crippen molar-refractivity contribution >= 4 is 11.6 Å². The molecule has 0 spiro atoms. The number of anilines is 1. The summed E-state index contributed by atoms with van der Waals surface area (Å²) in [6.07, 6.45) is 2.21. The van der Waals surface area contributed by atoms with Crippen molar-refractivity contribution in [1.82, 2.24) is 5.32 Å². The lowest BCUT2D eigenvalue weighted by molar-refractivity contribution is -0.119. The van der Waals surface area contributed by atoms with Gasteiger partial charge in [0.05, 0.1) is 6.54 Å². The molecule has 1 heterocycles. The van der Waals surface area contributed by atoms with Gasteiger partial charge in [0, 0.05) is 17.8 Å². The second-order valence-corrected chi connectivity index (χ2v) is 4.55. The number of benzene rings is 1. The molecule has 1 aliphatic heterocycles. The molecule has 2 N–H and O–H groups in total. The fourth-order valence-corrected chi connectivity index (χ4v) is 1.84. The zero-order chi connectivity index (χ0) is 12.4. The minimum Gasteiger partial charge on any atom is -0.486 e. The predicted octanol–water partition coefficient (Wildman–Crippen LogP) is 1.15. The second kappa shape index (κ2) is 4.76. The monoisotopic (exact) mass is 248 g/mol. The molecule has 1 aromatic rings. The topological polar surface area (TPSA) is 59.6 Å². The van der Waals surface area contributed by atoms with Crippen LogP contribution in [0.15, 0.2) is 18.2 Å². The molecule has 0 unspecified atom stereocenters. The van der Waals surface area contributed by atoms with Gasteiger partial charge in [-0.1, -0.05) is 0 Å². The summed E-state index contributed by atoms with van der Waals surface area (Å²) < 4.78 is 10.9. The molecule has 1 aliphatic carbocycles. The summed E-state index contributed by atoms with van der Waals surface area (Å²) in [4.78, 5) is 11.5. The highest BCUT2D eigenvalue weighted by Gasteiger charge is 2.22. The van der Waals surface area contributed by atoms with Gasteiger partial charge in [0.1, 0.15) is 13.2 Å². The van der Waals surface area contributed by atoms with Crippen LogP contribution in [0.4, 0.5) is 5.69 Å². The van der Waals surface area contributed by atoms with E-state index in [-0.39, 0.29) is 12.5 Å². The Bertz CT molecular complexity index is 458. The molecule has 2 aliphatic rings. The number of fused-ring (bicyclic) bond motifs is 1. The van der Waals surface area contributed by atoms with Gasteiger partial charge in [-0.2, -0.15) is 0 Å². The van der Waals surface area contributed by atoms with Crippen molar-refractivity contribution in [1.29, 1.82) is 0 Å². The van der Waals surface area contributed by atoms with Gasteiger partial charge in [-0.3, -0.25) is 4.79 Å². The maximum atomic E-state index is 11.5. The van der Waals surface area contributed by atoms with Crippen LogP contribution in [0.2, 0.25) is 0 Å². The smallest absolute Gasteiger partial charge is 0.239 e. The van der Waals surface area contributed by atoms with E-state index >= 15 is 0 Å². The van der Waals surface area contributed by atoms with Crippen LogP contribution in [0.25, 0.3) is 0 Å². The highest BCUT2D eigenvalue weighted by Crippen LogP contribution is 2.32. The van der Waals surface area contributed by atoms with Crippen molar-refractivity contribution in [3.63, 3.8) is 0 Å². The number of ether oxygens (including phenoxy) is 2. The van der Waals surface area contributed by atoms with E-state index in [0.29, 0.717) is 19.3 Å². The fraction of sp³-hybridized carbons (Fsp3) is 0.462. The van der Waals surface area contributed by atoms with Crippen LogP contribution < -0.4 is 20.1 Å². The van der Waals surface area contributed by atoms with E-state index in [4.69, 9.17) is 9.47 Å². The number of carbonyl (C=O) groups is 1. The number of hydrogen-bond acceptors (Lipinski definition) is 4. The van der Waals surface area contributed by atoms with E-state index in [2.05, 4.69) is 10.6 Å². The maximum Gasteiger partial charge on any atom is 0.239 e. The number of rotatable bonds is 4. The van der Waals surface area contributed by atoms with E-state index in [1.165, 1.54) is 0 Å². The van der Waals surface area contributed by atoms with Gasteiger partial charge in [0.2, 0.25) is 5.91 Å². The average Bonchev–Trinajstić information content (AvgIpc) is 3.20. The first kappa shape index (κ1) is 11.2. The lowest BCUT2D eigenvalue weighted by Crippen LogP contribution is -2.31. The molecule has 1 fully saturated rings. The van der Waals surface area contributed by atoms with Crippen LogP contribution >= 0.6 is 0 Å². The Balaban J connectivity index is 1.56. The van der Waals surface area contributed by atoms with Crippen molar-refractivity contribution in [3.05, 3.63) is 18.2 Å². The number of amides is 1. The summed E-state index contributed by atoms with van der Waals surface area (Å²) in [7, 11) is 0. The Morgan fingerprint density at radius 2 is 2.00 bits per heavy atom. The number of hydrogen-bond donors (Lipinski definition) is 2. The Kier molecular flexibility index (Phi) is 2.96. The standard InChI is InChI=1S/C13H16N2O3/c16-13(15-9-1-2-9)8-14-10-3-4-11-12(7-10)18-6-5-17-11/h3-4,7,9,14H,1-2,5-6,8H2,(H,15,16). The molecule has 1 amide bonds. The molecule has 3 rings (SSSR count). The Labute approximate surface area is 105 Å². The van der Waals surface area contributed by atoms with Crippen LogP contribution in [0, 0.1) is 0 Å². The van der Waals surface area contributed by atoms with E-state index in [9.17, 15) is 4.79 Å². The summed E-state index contributed by atoms with van der Waals surface area (Å²) in [5.74, 6) is 1.52. The molecule has 0 atom stereocenters. The molecule has 0 saturated heterocycles. The van der Waals surface area contributed by atoms with Crippen LogP contribution in [-0.2, 0) is 4.79 Å². The van der Waals surface area contributed by atoms with E-state index in [1.807, 2.05) is 18.2 Å². The van der Waals surface area contributed by atoms with Crippen LogP contribution in [-0.4, -0.2) is 31.7 Å². The third-order valence-electron chi connectivity index (χ3n) is 2.94. The van der Waals surface area contributed by atoms with Crippen molar-refractivity contribution in [2.75, 3.05) is 25.1 Å². The van der Waals surface area contributed by atoms with Crippen LogP contribution in [0.3, 0.4) is 0 Å². The highest BCUT2D eigenvalue weighted by atomic mass is 16.6. The summed E-state index contributed by atoms with van der Waals surface area (Å²) >= 11 is 0. The molecule has 1 aromatic carbocycles. The van der Waals surface area contributed by atoms with Gasteiger partial charge in [0.15, 0.2) is 11.5 Å². The molecule has 96 valence electrons. The average molecular weight is 248 g/mol. The lowest BCUT2D eigenvalue weighted by atomic mass is 10.2. The minimum absolute atomic E-state index is 0.0346. The first-order valence-electron chi connectivity index (χ1n) is 6.24. The first-order valence-corrected chi connectivity index (χ1v) is 6.24. The third-order valence-corrected chi connectivity index (χ3v) is 2.94. The SMILES string of the molecule is O=C(CNc1ccc2c(c1)OCCO2)NC1CC1. The molecule has 0 bridgehead atoms. The van der Waals surface area contributed by atoms with Gasteiger partial charge in [0.25, 0.3) is 0 Å². The molecular formula is C13H16N2O3. The molecule has 1 saturated carbocycles. The molecule has 0 radical (unpaired) electrons. The predicted molar refractivity (Wildman–Crippen MR) is 67.1 cm³/mol. The molecule has 5 nitrogen and oxygen atoms in total. The Morgan fingerprint density at radius 3 is 2.78 bits per heavy atom. The molecular weight excluding hydrogens is 232 g/mol. The van der Waals surface area contributed by atoms with Crippen molar-refractivity contribution in [2.45, 2.75) is 18.9 Å². The van der Waals surface area contributed by atoms with Crippen molar-refractivity contribution in [3.8, 4) is 11.5 Å². The van der Waals surface area contributed by atoms with E-state index in [1.54, 1.807) is 0 Å². The quantitative estimate of drug-likeness (QED) is 0.839. The number of carbonyl (C=O) groups excluding carboxylic acids is 1. The van der Waals surface area contributed by atoms with Gasteiger partial charge in [-0.25, -0.2) is 0 Å². The summed E-state index contributed by atoms with van der Waals surface area (Å²) in [6, 6.07) is 6.01. The lowest BCUT2D eigenvalue weighted by Gasteiger charge is -2.19. The molecule has 18 heavy (non-hydrogen) atoms. The maximum absolute atomic E-state index is 11.5. The largest absolute Gasteiger partial charge is 0.486 e. The highest BCUT2D eigenvalue weighted by molar-refractivity contribution is 5.81. The van der Waals surface area contributed by atoms with Crippen molar-refractivity contribution < 1.29 is 14.3 Å². The number of nitrogens with one attached hydrogen (secondary N) is 2. The third kappa shape index (κ3) is 2.67.